The van der Waals surface area contributed by atoms with Crippen molar-refractivity contribution in [2.45, 2.75) is 51.7 Å². The summed E-state index contributed by atoms with van der Waals surface area (Å²) in [5.41, 5.74) is 3.83. The van der Waals surface area contributed by atoms with E-state index in [4.69, 9.17) is 0 Å². The van der Waals surface area contributed by atoms with Gasteiger partial charge >= 0.3 is 6.03 Å². The van der Waals surface area contributed by atoms with Crippen molar-refractivity contribution in [1.82, 2.24) is 15.2 Å². The van der Waals surface area contributed by atoms with Crippen LogP contribution < -0.4 is 5.32 Å². The topological polar surface area (TPSA) is 45.2 Å². The number of amides is 2. The number of hydrogen-bond acceptors (Lipinski definition) is 2. The standard InChI is InChI=1S/C20H25N3O/c1-15(2)23(14-16-6-5-11-21-13-16)20(24)22-19-10-9-17-7-3-4-8-18(17)12-19/h3-8,11,13,15,19H,9-10,12,14H2,1-2H3,(H,22,24)/t19-/m0/s1. The summed E-state index contributed by atoms with van der Waals surface area (Å²) < 4.78 is 0. The minimum absolute atomic E-state index is 0.0123. The van der Waals surface area contributed by atoms with Gasteiger partial charge < -0.3 is 10.2 Å². The first-order valence-corrected chi connectivity index (χ1v) is 8.66. The molecule has 126 valence electrons. The lowest BCUT2D eigenvalue weighted by Gasteiger charge is -2.31. The largest absolute Gasteiger partial charge is 0.335 e. The Labute approximate surface area is 143 Å². The highest BCUT2D eigenvalue weighted by Gasteiger charge is 2.23. The van der Waals surface area contributed by atoms with Gasteiger partial charge in [0.25, 0.3) is 0 Å². The van der Waals surface area contributed by atoms with E-state index >= 15 is 0 Å². The van der Waals surface area contributed by atoms with Gasteiger partial charge in [0, 0.05) is 31.0 Å². The Hall–Kier alpha value is -2.36. The van der Waals surface area contributed by atoms with Crippen molar-refractivity contribution in [3.05, 3.63) is 65.5 Å². The smallest absolute Gasteiger partial charge is 0.318 e. The number of hydrogen-bond donors (Lipinski definition) is 1. The van der Waals surface area contributed by atoms with Gasteiger partial charge in [0.15, 0.2) is 0 Å². The van der Waals surface area contributed by atoms with Crippen molar-refractivity contribution in [1.29, 1.82) is 0 Å². The molecule has 1 aliphatic carbocycles. The highest BCUT2D eigenvalue weighted by atomic mass is 16.2. The van der Waals surface area contributed by atoms with E-state index in [1.807, 2.05) is 37.1 Å². The number of nitrogens with one attached hydrogen (secondary N) is 1. The molecule has 0 saturated heterocycles. The van der Waals surface area contributed by atoms with E-state index in [2.05, 4.69) is 34.6 Å². The maximum atomic E-state index is 12.8. The summed E-state index contributed by atoms with van der Waals surface area (Å²) in [5, 5.41) is 3.23. The second kappa shape index (κ2) is 7.47. The lowest BCUT2D eigenvalue weighted by molar-refractivity contribution is 0.174. The lowest BCUT2D eigenvalue weighted by Crippen LogP contribution is -2.48. The third-order valence-electron chi connectivity index (χ3n) is 4.63. The fourth-order valence-corrected chi connectivity index (χ4v) is 3.26. The highest BCUT2D eigenvalue weighted by molar-refractivity contribution is 5.75. The number of aryl methyl sites for hydroxylation is 1. The van der Waals surface area contributed by atoms with Crippen LogP contribution in [0.25, 0.3) is 0 Å². The average Bonchev–Trinajstić information content (AvgIpc) is 2.60. The Kier molecular flexibility index (Phi) is 5.14. The van der Waals surface area contributed by atoms with E-state index in [9.17, 15) is 4.79 Å². The molecule has 1 atom stereocenters. The maximum Gasteiger partial charge on any atom is 0.318 e. The third-order valence-corrected chi connectivity index (χ3v) is 4.63. The number of aromatic nitrogens is 1. The normalized spacial score (nSPS) is 16.5. The minimum Gasteiger partial charge on any atom is -0.335 e. The Morgan fingerprint density at radius 3 is 2.75 bits per heavy atom. The fourth-order valence-electron chi connectivity index (χ4n) is 3.26. The number of rotatable bonds is 4. The first-order valence-electron chi connectivity index (χ1n) is 8.66. The summed E-state index contributed by atoms with van der Waals surface area (Å²) in [6.07, 6.45) is 6.52. The number of pyridine rings is 1. The molecule has 4 nitrogen and oxygen atoms in total. The van der Waals surface area contributed by atoms with Gasteiger partial charge in [-0.1, -0.05) is 30.3 Å². The Morgan fingerprint density at radius 2 is 2.04 bits per heavy atom. The van der Waals surface area contributed by atoms with E-state index < -0.39 is 0 Å². The van der Waals surface area contributed by atoms with Gasteiger partial charge in [-0.3, -0.25) is 4.98 Å². The van der Waals surface area contributed by atoms with Gasteiger partial charge in [0.1, 0.15) is 0 Å². The van der Waals surface area contributed by atoms with Crippen LogP contribution in [0.1, 0.15) is 37.0 Å². The molecule has 0 aliphatic heterocycles. The van der Waals surface area contributed by atoms with Crippen LogP contribution in [0.15, 0.2) is 48.8 Å². The van der Waals surface area contributed by atoms with Crippen molar-refractivity contribution in [2.75, 3.05) is 0 Å². The molecule has 1 N–H and O–H groups in total. The summed E-state index contributed by atoms with van der Waals surface area (Å²) >= 11 is 0. The molecule has 0 fully saturated rings. The summed E-state index contributed by atoms with van der Waals surface area (Å²) in [4.78, 5) is 18.8. The van der Waals surface area contributed by atoms with Crippen LogP contribution in [-0.4, -0.2) is 28.0 Å². The van der Waals surface area contributed by atoms with Crippen molar-refractivity contribution in [3.63, 3.8) is 0 Å². The van der Waals surface area contributed by atoms with Crippen molar-refractivity contribution >= 4 is 6.03 Å². The zero-order chi connectivity index (χ0) is 16.9. The molecule has 0 saturated carbocycles. The first kappa shape index (κ1) is 16.5. The Balaban J connectivity index is 1.64. The van der Waals surface area contributed by atoms with Gasteiger partial charge in [0.2, 0.25) is 0 Å². The lowest BCUT2D eigenvalue weighted by atomic mass is 9.88. The molecule has 1 aromatic heterocycles. The van der Waals surface area contributed by atoms with Crippen LogP contribution in [-0.2, 0) is 19.4 Å². The van der Waals surface area contributed by atoms with E-state index in [1.165, 1.54) is 11.1 Å². The minimum atomic E-state index is 0.0123. The molecular formula is C20H25N3O. The maximum absolute atomic E-state index is 12.8. The monoisotopic (exact) mass is 323 g/mol. The quantitative estimate of drug-likeness (QED) is 0.935. The van der Waals surface area contributed by atoms with Crippen molar-refractivity contribution in [3.8, 4) is 0 Å². The molecule has 0 bridgehead atoms. The van der Waals surface area contributed by atoms with Crippen LogP contribution in [0.5, 0.6) is 0 Å². The van der Waals surface area contributed by atoms with E-state index in [0.29, 0.717) is 6.54 Å². The van der Waals surface area contributed by atoms with Gasteiger partial charge in [-0.05, 0) is 55.9 Å². The van der Waals surface area contributed by atoms with Crippen LogP contribution in [0, 0.1) is 0 Å². The molecule has 4 heteroatoms. The summed E-state index contributed by atoms with van der Waals surface area (Å²) in [5.74, 6) is 0. The summed E-state index contributed by atoms with van der Waals surface area (Å²) in [7, 11) is 0. The zero-order valence-corrected chi connectivity index (χ0v) is 14.4. The van der Waals surface area contributed by atoms with Crippen LogP contribution in [0.4, 0.5) is 4.79 Å². The highest BCUT2D eigenvalue weighted by Crippen LogP contribution is 2.21. The molecule has 1 aromatic carbocycles. The van der Waals surface area contributed by atoms with E-state index in [0.717, 1.165) is 24.8 Å². The molecule has 3 rings (SSSR count). The molecule has 2 amide bonds. The molecule has 2 aromatic rings. The Morgan fingerprint density at radius 1 is 1.25 bits per heavy atom. The molecule has 24 heavy (non-hydrogen) atoms. The van der Waals surface area contributed by atoms with Crippen LogP contribution >= 0.6 is 0 Å². The molecule has 1 aliphatic rings. The van der Waals surface area contributed by atoms with Crippen LogP contribution in [0.3, 0.4) is 0 Å². The van der Waals surface area contributed by atoms with Crippen molar-refractivity contribution < 1.29 is 4.79 Å². The predicted octanol–water partition coefficient (Wildman–Crippen LogP) is 3.56. The molecule has 1 heterocycles. The van der Waals surface area contributed by atoms with Gasteiger partial charge in [-0.2, -0.15) is 0 Å². The number of fused-ring (bicyclic) bond motifs is 1. The number of benzene rings is 1. The average molecular weight is 323 g/mol. The summed E-state index contributed by atoms with van der Waals surface area (Å²) in [6.45, 7) is 4.68. The van der Waals surface area contributed by atoms with Gasteiger partial charge in [-0.25, -0.2) is 4.79 Å². The van der Waals surface area contributed by atoms with E-state index in [1.54, 1.807) is 6.20 Å². The fraction of sp³-hybridized carbons (Fsp3) is 0.400. The van der Waals surface area contributed by atoms with E-state index in [-0.39, 0.29) is 18.1 Å². The number of carbonyl (C=O) groups is 1. The van der Waals surface area contributed by atoms with Crippen LogP contribution in [0.2, 0.25) is 0 Å². The molecule has 0 unspecified atom stereocenters. The second-order valence-electron chi connectivity index (χ2n) is 6.74. The summed E-state index contributed by atoms with van der Waals surface area (Å²) in [6, 6.07) is 12.8. The number of carbonyl (C=O) groups excluding carboxylic acids is 1. The zero-order valence-electron chi connectivity index (χ0n) is 14.4. The third kappa shape index (κ3) is 3.94. The van der Waals surface area contributed by atoms with Gasteiger partial charge in [-0.15, -0.1) is 0 Å². The molecule has 0 radical (unpaired) electrons. The Bertz CT molecular complexity index is 684. The number of urea groups is 1. The SMILES string of the molecule is CC(C)N(Cc1cccnc1)C(=O)N[C@H]1CCc2ccccc2C1. The molecular weight excluding hydrogens is 298 g/mol. The number of nitrogens with zero attached hydrogens (tertiary/aromatic N) is 2. The van der Waals surface area contributed by atoms with Crippen molar-refractivity contribution in [2.24, 2.45) is 0 Å². The van der Waals surface area contributed by atoms with Gasteiger partial charge in [0.05, 0.1) is 0 Å². The second-order valence-corrected chi connectivity index (χ2v) is 6.74. The molecule has 0 spiro atoms. The first-order chi connectivity index (χ1) is 11.6. The predicted molar refractivity (Wildman–Crippen MR) is 95.7 cm³/mol.